The molecule has 19 heavy (non-hydrogen) atoms. The van der Waals surface area contributed by atoms with Gasteiger partial charge in [-0.25, -0.2) is 18.6 Å². The Morgan fingerprint density at radius 1 is 1.47 bits per heavy atom. The van der Waals surface area contributed by atoms with Gasteiger partial charge in [-0.05, 0) is 0 Å². The van der Waals surface area contributed by atoms with Gasteiger partial charge in [-0.15, -0.1) is 11.3 Å². The lowest BCUT2D eigenvalue weighted by Gasteiger charge is -1.97. The summed E-state index contributed by atoms with van der Waals surface area (Å²) >= 11 is 1.02. The third kappa shape index (κ3) is 3.34. The number of carbonyl (C=O) groups excluding carboxylic acids is 1. The van der Waals surface area contributed by atoms with Crippen LogP contribution in [0.5, 0.6) is 0 Å². The minimum atomic E-state index is -2.63. The Balaban J connectivity index is 0.000000861. The number of aromatic nitrogens is 3. The summed E-state index contributed by atoms with van der Waals surface area (Å²) in [6, 6.07) is 0. The van der Waals surface area contributed by atoms with E-state index in [1.54, 1.807) is 0 Å². The number of aromatic amines is 1. The van der Waals surface area contributed by atoms with Crippen molar-refractivity contribution in [3.8, 4) is 10.6 Å². The van der Waals surface area contributed by atoms with Crippen LogP contribution in [0.2, 0.25) is 0 Å². The molecule has 0 saturated carbocycles. The van der Waals surface area contributed by atoms with Crippen LogP contribution in [0, 0.1) is 0 Å². The molecule has 2 aromatic heterocycles. The van der Waals surface area contributed by atoms with Gasteiger partial charge in [0.2, 0.25) is 0 Å². The summed E-state index contributed by atoms with van der Waals surface area (Å²) in [4.78, 5) is 15.1. The van der Waals surface area contributed by atoms with Gasteiger partial charge < -0.3 is 4.74 Å². The molecule has 0 aromatic carbocycles. The number of nitrogens with one attached hydrogen (secondary N) is 1. The summed E-state index contributed by atoms with van der Waals surface area (Å²) in [6.45, 7) is 4.00. The number of nitrogens with zero attached hydrogens (tertiary/aromatic N) is 2. The van der Waals surface area contributed by atoms with E-state index in [1.807, 2.05) is 13.8 Å². The Morgan fingerprint density at radius 2 is 2.16 bits per heavy atom. The molecule has 2 rings (SSSR count). The average Bonchev–Trinajstić information content (AvgIpc) is 3.08. The van der Waals surface area contributed by atoms with E-state index in [9.17, 15) is 13.6 Å². The van der Waals surface area contributed by atoms with E-state index < -0.39 is 12.4 Å². The minimum absolute atomic E-state index is 0.0997. The molecule has 2 aromatic rings. The number of ether oxygens (including phenoxy) is 1. The van der Waals surface area contributed by atoms with Crippen LogP contribution < -0.4 is 0 Å². The molecule has 0 aliphatic carbocycles. The van der Waals surface area contributed by atoms with Gasteiger partial charge in [0.15, 0.2) is 5.69 Å². The van der Waals surface area contributed by atoms with Crippen LogP contribution in [0.4, 0.5) is 8.78 Å². The van der Waals surface area contributed by atoms with E-state index in [2.05, 4.69) is 19.9 Å². The van der Waals surface area contributed by atoms with Gasteiger partial charge in [0.1, 0.15) is 10.7 Å². The van der Waals surface area contributed by atoms with Crippen molar-refractivity contribution in [2.45, 2.75) is 20.3 Å². The Labute approximate surface area is 112 Å². The van der Waals surface area contributed by atoms with Crippen molar-refractivity contribution in [2.24, 2.45) is 0 Å². The molecule has 104 valence electrons. The maximum absolute atomic E-state index is 12.4. The van der Waals surface area contributed by atoms with Gasteiger partial charge in [-0.2, -0.15) is 5.10 Å². The zero-order valence-corrected chi connectivity index (χ0v) is 11.4. The molecule has 0 bridgehead atoms. The van der Waals surface area contributed by atoms with Crippen LogP contribution in [0.15, 0.2) is 11.6 Å². The second kappa shape index (κ2) is 6.93. The monoisotopic (exact) mass is 289 g/mol. The summed E-state index contributed by atoms with van der Waals surface area (Å²) in [7, 11) is 1.22. The van der Waals surface area contributed by atoms with Crippen LogP contribution in [0.25, 0.3) is 10.6 Å². The maximum Gasteiger partial charge on any atom is 0.356 e. The highest BCUT2D eigenvalue weighted by Crippen LogP contribution is 2.29. The zero-order valence-electron chi connectivity index (χ0n) is 10.6. The predicted molar refractivity (Wildman–Crippen MR) is 67.3 cm³/mol. The second-order valence-electron chi connectivity index (χ2n) is 3.03. The standard InChI is InChI=1S/C9H7F2N3O2S.C2H6/c1-16-9(15)6-4(2-12-14-6)8-13-5(3-17-8)7(10)11;1-2/h2-3,7H,1H3,(H,12,14);1-2H3. The highest BCUT2D eigenvalue weighted by Gasteiger charge is 2.20. The first kappa shape index (κ1) is 15.2. The van der Waals surface area contributed by atoms with Crippen molar-refractivity contribution < 1.29 is 18.3 Å². The minimum Gasteiger partial charge on any atom is -0.464 e. The lowest BCUT2D eigenvalue weighted by Crippen LogP contribution is -2.03. The van der Waals surface area contributed by atoms with Gasteiger partial charge >= 0.3 is 5.97 Å². The van der Waals surface area contributed by atoms with Crippen LogP contribution in [-0.2, 0) is 4.74 Å². The van der Waals surface area contributed by atoms with E-state index in [0.29, 0.717) is 10.6 Å². The third-order valence-electron chi connectivity index (χ3n) is 2.00. The van der Waals surface area contributed by atoms with Crippen molar-refractivity contribution in [1.82, 2.24) is 15.2 Å². The molecule has 0 amide bonds. The molecule has 0 unspecified atom stereocenters. The molecule has 0 fully saturated rings. The lowest BCUT2D eigenvalue weighted by atomic mass is 10.2. The van der Waals surface area contributed by atoms with Crippen molar-refractivity contribution in [3.05, 3.63) is 23.0 Å². The first-order valence-electron chi connectivity index (χ1n) is 5.49. The summed E-state index contributed by atoms with van der Waals surface area (Å²) < 4.78 is 29.3. The topological polar surface area (TPSA) is 67.9 Å². The second-order valence-corrected chi connectivity index (χ2v) is 3.89. The Morgan fingerprint density at radius 3 is 2.68 bits per heavy atom. The van der Waals surface area contributed by atoms with E-state index >= 15 is 0 Å². The molecule has 0 atom stereocenters. The number of esters is 1. The number of halogens is 2. The van der Waals surface area contributed by atoms with Crippen molar-refractivity contribution in [3.63, 3.8) is 0 Å². The molecule has 2 heterocycles. The number of thiazole rings is 1. The fourth-order valence-electron chi connectivity index (χ4n) is 1.22. The number of hydrogen-bond donors (Lipinski definition) is 1. The summed E-state index contributed by atoms with van der Waals surface area (Å²) in [5.74, 6) is -0.619. The molecule has 0 aliphatic heterocycles. The van der Waals surface area contributed by atoms with Gasteiger partial charge in [0.05, 0.1) is 18.9 Å². The van der Waals surface area contributed by atoms with Crippen LogP contribution in [0.3, 0.4) is 0 Å². The maximum atomic E-state index is 12.4. The van der Waals surface area contributed by atoms with Gasteiger partial charge in [-0.3, -0.25) is 5.10 Å². The molecule has 0 saturated heterocycles. The largest absolute Gasteiger partial charge is 0.464 e. The lowest BCUT2D eigenvalue weighted by molar-refractivity contribution is 0.0595. The van der Waals surface area contributed by atoms with E-state index in [0.717, 1.165) is 11.3 Å². The highest BCUT2D eigenvalue weighted by molar-refractivity contribution is 7.13. The van der Waals surface area contributed by atoms with Crippen LogP contribution >= 0.6 is 11.3 Å². The van der Waals surface area contributed by atoms with Gasteiger partial charge in [0.25, 0.3) is 6.43 Å². The van der Waals surface area contributed by atoms with E-state index in [-0.39, 0.29) is 11.4 Å². The zero-order chi connectivity index (χ0) is 14.4. The molecule has 5 nitrogen and oxygen atoms in total. The number of hydrogen-bond acceptors (Lipinski definition) is 5. The SMILES string of the molecule is CC.COC(=O)c1[nH]ncc1-c1nc(C(F)F)cs1. The Hall–Kier alpha value is -1.83. The molecular weight excluding hydrogens is 276 g/mol. The molecule has 0 aliphatic rings. The molecule has 0 radical (unpaired) electrons. The fraction of sp³-hybridized carbons (Fsp3) is 0.364. The van der Waals surface area contributed by atoms with E-state index in [4.69, 9.17) is 0 Å². The third-order valence-corrected chi connectivity index (χ3v) is 2.90. The smallest absolute Gasteiger partial charge is 0.356 e. The number of carbonyl (C=O) groups is 1. The van der Waals surface area contributed by atoms with Crippen molar-refractivity contribution in [2.75, 3.05) is 7.11 Å². The quantitative estimate of drug-likeness (QED) is 0.880. The summed E-state index contributed by atoms with van der Waals surface area (Å²) in [5.41, 5.74) is 0.137. The highest BCUT2D eigenvalue weighted by atomic mass is 32.1. The number of methoxy groups -OCH3 is 1. The van der Waals surface area contributed by atoms with Gasteiger partial charge in [-0.1, -0.05) is 13.8 Å². The normalized spacial score (nSPS) is 10.0. The molecular formula is C11H13F2N3O2S. The predicted octanol–water partition coefficient (Wildman–Crippen LogP) is 3.28. The number of alkyl halides is 2. The molecule has 1 N–H and O–H groups in total. The average molecular weight is 289 g/mol. The van der Waals surface area contributed by atoms with Gasteiger partial charge in [0, 0.05) is 5.38 Å². The van der Waals surface area contributed by atoms with Crippen LogP contribution in [0.1, 0.15) is 36.5 Å². The first-order valence-corrected chi connectivity index (χ1v) is 6.37. The molecule has 0 spiro atoms. The Bertz CT molecular complexity index is 540. The fourth-order valence-corrected chi connectivity index (χ4v) is 2.04. The summed E-state index contributed by atoms with van der Waals surface area (Å²) in [5, 5.41) is 7.67. The number of rotatable bonds is 3. The van der Waals surface area contributed by atoms with E-state index in [1.165, 1.54) is 18.7 Å². The molecule has 8 heteroatoms. The van der Waals surface area contributed by atoms with Crippen molar-refractivity contribution in [1.29, 1.82) is 0 Å². The first-order chi connectivity index (χ1) is 9.13. The summed E-state index contributed by atoms with van der Waals surface area (Å²) in [6.07, 6.45) is -1.28. The Kier molecular flexibility index (Phi) is 5.56. The van der Waals surface area contributed by atoms with Crippen LogP contribution in [-0.4, -0.2) is 28.3 Å². The number of H-pyrrole nitrogens is 1. The van der Waals surface area contributed by atoms with Crippen molar-refractivity contribution >= 4 is 17.3 Å².